The lowest BCUT2D eigenvalue weighted by Crippen LogP contribution is -2.43. The van der Waals surface area contributed by atoms with E-state index < -0.39 is 18.6 Å². The predicted molar refractivity (Wildman–Crippen MR) is 127 cm³/mol. The predicted octanol–water partition coefficient (Wildman–Crippen LogP) is 3.66. The molecule has 0 fully saturated rings. The normalized spacial score (nSPS) is 12.8. The minimum Gasteiger partial charge on any atom is -0.454 e. The molecule has 1 aromatic heterocycles. The summed E-state index contributed by atoms with van der Waals surface area (Å²) in [5.74, 6) is -1.00. The molecule has 2 unspecified atom stereocenters. The topological polar surface area (TPSA) is 100 Å². The maximum Gasteiger partial charge on any atom is 0.329 e. The maximum absolute atomic E-state index is 12.8. The monoisotopic (exact) mass is 449 g/mol. The number of hydrogen-bond acceptors (Lipinski definition) is 4. The Bertz CT molecular complexity index is 1090. The van der Waals surface area contributed by atoms with E-state index in [0.717, 1.165) is 28.5 Å². The third-order valence-electron chi connectivity index (χ3n) is 5.35. The lowest BCUT2D eigenvalue weighted by Gasteiger charge is -2.22. The average Bonchev–Trinajstić information content (AvgIpc) is 3.19. The number of benzene rings is 2. The van der Waals surface area contributed by atoms with Gasteiger partial charge in [0.1, 0.15) is 6.04 Å². The molecule has 7 heteroatoms. The largest absolute Gasteiger partial charge is 0.454 e. The van der Waals surface area contributed by atoms with Crippen molar-refractivity contribution in [3.05, 3.63) is 71.9 Å². The smallest absolute Gasteiger partial charge is 0.329 e. The molecule has 0 aliphatic rings. The molecular weight excluding hydrogens is 418 g/mol. The van der Waals surface area contributed by atoms with Gasteiger partial charge in [0.05, 0.1) is 6.04 Å². The molecule has 174 valence electrons. The van der Waals surface area contributed by atoms with E-state index in [9.17, 15) is 14.4 Å². The Morgan fingerprint density at radius 3 is 2.36 bits per heavy atom. The number of esters is 1. The number of H-pyrrole nitrogens is 1. The summed E-state index contributed by atoms with van der Waals surface area (Å²) in [6.07, 6.45) is 2.83. The second kappa shape index (κ2) is 11.3. The molecule has 0 aliphatic heterocycles. The number of para-hydroxylation sites is 1. The van der Waals surface area contributed by atoms with Gasteiger partial charge in [0.15, 0.2) is 6.61 Å². The molecule has 0 radical (unpaired) electrons. The summed E-state index contributed by atoms with van der Waals surface area (Å²) in [5.41, 5.74) is 2.83. The van der Waals surface area contributed by atoms with E-state index in [1.807, 2.05) is 60.8 Å². The molecule has 33 heavy (non-hydrogen) atoms. The maximum atomic E-state index is 12.8. The van der Waals surface area contributed by atoms with E-state index in [1.54, 1.807) is 0 Å². The molecule has 1 heterocycles. The van der Waals surface area contributed by atoms with Gasteiger partial charge in [-0.25, -0.2) is 4.79 Å². The Morgan fingerprint density at radius 1 is 0.970 bits per heavy atom. The zero-order valence-electron chi connectivity index (χ0n) is 19.3. The van der Waals surface area contributed by atoms with Crippen LogP contribution in [-0.4, -0.2) is 35.4 Å². The van der Waals surface area contributed by atoms with Crippen molar-refractivity contribution in [2.75, 3.05) is 6.61 Å². The van der Waals surface area contributed by atoms with Crippen LogP contribution in [0.5, 0.6) is 0 Å². The summed E-state index contributed by atoms with van der Waals surface area (Å²) in [6.45, 7) is 5.11. The van der Waals surface area contributed by atoms with Gasteiger partial charge in [-0.2, -0.15) is 0 Å². The Morgan fingerprint density at radius 2 is 1.67 bits per heavy atom. The lowest BCUT2D eigenvalue weighted by molar-refractivity contribution is -0.151. The number of aromatic nitrogens is 1. The SMILES string of the molecule is CC(=O)NC(Cc1c[nH]c2ccccc12)C(=O)OCC(=O)NC(CC(C)C)c1ccccc1. The van der Waals surface area contributed by atoms with Crippen LogP contribution in [0, 0.1) is 5.92 Å². The van der Waals surface area contributed by atoms with Crippen molar-refractivity contribution in [1.29, 1.82) is 0 Å². The first-order valence-electron chi connectivity index (χ1n) is 11.2. The molecule has 0 aliphatic carbocycles. The molecule has 0 saturated carbocycles. The van der Waals surface area contributed by atoms with Crippen LogP contribution in [0.1, 0.15) is 44.4 Å². The first kappa shape index (κ1) is 24.0. The molecule has 2 amide bonds. The number of rotatable bonds is 10. The summed E-state index contributed by atoms with van der Waals surface area (Å²) in [6, 6.07) is 16.4. The fourth-order valence-corrected chi connectivity index (χ4v) is 3.87. The van der Waals surface area contributed by atoms with Crippen molar-refractivity contribution < 1.29 is 19.1 Å². The zero-order chi connectivity index (χ0) is 23.8. The fraction of sp³-hybridized carbons (Fsp3) is 0.346. The Kier molecular flexibility index (Phi) is 8.24. The first-order valence-corrected chi connectivity index (χ1v) is 11.2. The molecule has 7 nitrogen and oxygen atoms in total. The van der Waals surface area contributed by atoms with Gasteiger partial charge in [0, 0.05) is 30.4 Å². The van der Waals surface area contributed by atoms with Gasteiger partial charge in [-0.15, -0.1) is 0 Å². The van der Waals surface area contributed by atoms with Crippen molar-refractivity contribution in [3.63, 3.8) is 0 Å². The molecule has 0 bridgehead atoms. The average molecular weight is 450 g/mol. The Labute approximate surface area is 193 Å². The Hall–Kier alpha value is -3.61. The van der Waals surface area contributed by atoms with E-state index >= 15 is 0 Å². The van der Waals surface area contributed by atoms with Crippen molar-refractivity contribution >= 4 is 28.7 Å². The van der Waals surface area contributed by atoms with Gasteiger partial charge in [0.25, 0.3) is 5.91 Å². The number of ether oxygens (including phenoxy) is 1. The molecule has 0 spiro atoms. The minimum atomic E-state index is -0.893. The van der Waals surface area contributed by atoms with Crippen LogP contribution in [0.2, 0.25) is 0 Å². The quantitative estimate of drug-likeness (QED) is 0.411. The number of nitrogens with one attached hydrogen (secondary N) is 3. The van der Waals surface area contributed by atoms with Crippen LogP contribution < -0.4 is 10.6 Å². The fourth-order valence-electron chi connectivity index (χ4n) is 3.87. The van der Waals surface area contributed by atoms with E-state index in [-0.39, 0.29) is 24.3 Å². The summed E-state index contributed by atoms with van der Waals surface area (Å²) >= 11 is 0. The molecule has 3 rings (SSSR count). The van der Waals surface area contributed by atoms with Crippen molar-refractivity contribution in [1.82, 2.24) is 15.6 Å². The number of carbonyl (C=O) groups excluding carboxylic acids is 3. The second-order valence-corrected chi connectivity index (χ2v) is 8.58. The number of amides is 2. The number of carbonyl (C=O) groups is 3. The lowest BCUT2D eigenvalue weighted by atomic mass is 9.97. The molecule has 2 atom stereocenters. The van der Waals surface area contributed by atoms with Crippen LogP contribution >= 0.6 is 0 Å². The van der Waals surface area contributed by atoms with Crippen LogP contribution in [-0.2, 0) is 25.5 Å². The van der Waals surface area contributed by atoms with Crippen molar-refractivity contribution in [2.45, 2.75) is 45.7 Å². The standard InChI is InChI=1S/C26H31N3O4/c1-17(2)13-23(19-9-5-4-6-10-19)29-25(31)16-33-26(32)24(28-18(3)30)14-20-15-27-22-12-8-7-11-21(20)22/h4-12,15,17,23-24,27H,13-14,16H2,1-3H3,(H,28,30)(H,29,31). The summed E-state index contributed by atoms with van der Waals surface area (Å²) in [7, 11) is 0. The van der Waals surface area contributed by atoms with E-state index in [0.29, 0.717) is 5.92 Å². The number of aromatic amines is 1. The third kappa shape index (κ3) is 6.94. The second-order valence-electron chi connectivity index (χ2n) is 8.58. The highest BCUT2D eigenvalue weighted by molar-refractivity contribution is 5.88. The van der Waals surface area contributed by atoms with Crippen LogP contribution in [0.25, 0.3) is 10.9 Å². The van der Waals surface area contributed by atoms with Gasteiger partial charge in [-0.3, -0.25) is 9.59 Å². The molecule has 3 N–H and O–H groups in total. The van der Waals surface area contributed by atoms with Gasteiger partial charge in [0.2, 0.25) is 5.91 Å². The molecular formula is C26H31N3O4. The van der Waals surface area contributed by atoms with Crippen LogP contribution in [0.15, 0.2) is 60.8 Å². The van der Waals surface area contributed by atoms with Gasteiger partial charge in [-0.05, 0) is 29.5 Å². The summed E-state index contributed by atoms with van der Waals surface area (Å²) in [4.78, 5) is 40.2. The highest BCUT2D eigenvalue weighted by Gasteiger charge is 2.24. The van der Waals surface area contributed by atoms with Crippen molar-refractivity contribution in [3.8, 4) is 0 Å². The highest BCUT2D eigenvalue weighted by Crippen LogP contribution is 2.21. The van der Waals surface area contributed by atoms with Crippen LogP contribution in [0.4, 0.5) is 0 Å². The van der Waals surface area contributed by atoms with Gasteiger partial charge >= 0.3 is 5.97 Å². The summed E-state index contributed by atoms with van der Waals surface area (Å²) in [5, 5.41) is 6.57. The molecule has 3 aromatic rings. The van der Waals surface area contributed by atoms with Gasteiger partial charge in [-0.1, -0.05) is 62.4 Å². The van der Waals surface area contributed by atoms with E-state index in [2.05, 4.69) is 29.5 Å². The molecule has 2 aromatic carbocycles. The van der Waals surface area contributed by atoms with Gasteiger partial charge < -0.3 is 20.4 Å². The van der Waals surface area contributed by atoms with Crippen molar-refractivity contribution in [2.24, 2.45) is 5.92 Å². The zero-order valence-corrected chi connectivity index (χ0v) is 19.3. The molecule has 0 saturated heterocycles. The third-order valence-corrected chi connectivity index (χ3v) is 5.35. The van der Waals surface area contributed by atoms with E-state index in [4.69, 9.17) is 4.74 Å². The number of fused-ring (bicyclic) bond motifs is 1. The van der Waals surface area contributed by atoms with E-state index in [1.165, 1.54) is 6.92 Å². The summed E-state index contributed by atoms with van der Waals surface area (Å²) < 4.78 is 5.29. The van der Waals surface area contributed by atoms with Crippen LogP contribution in [0.3, 0.4) is 0 Å². The Balaban J connectivity index is 1.63. The first-order chi connectivity index (χ1) is 15.8. The number of hydrogen-bond donors (Lipinski definition) is 3. The minimum absolute atomic E-state index is 0.172. The highest BCUT2D eigenvalue weighted by atomic mass is 16.5.